The molecule has 2 aliphatic rings. The van der Waals surface area contributed by atoms with E-state index in [2.05, 4.69) is 61.4 Å². The molecule has 4 rings (SSSR count). The smallest absolute Gasteiger partial charge is 0.194 e. The van der Waals surface area contributed by atoms with Gasteiger partial charge in [0.25, 0.3) is 0 Å². The van der Waals surface area contributed by atoms with Gasteiger partial charge < -0.3 is 20.0 Å². The SMILES string of the molecule is CN=C(NCc1ccc(N2CC=CC2)cc1)N1CCN(c2ccc(F)cc2)CC1. The largest absolute Gasteiger partial charge is 0.368 e. The fourth-order valence-electron chi connectivity index (χ4n) is 3.86. The Balaban J connectivity index is 1.28. The van der Waals surface area contributed by atoms with Gasteiger partial charge in [-0.1, -0.05) is 24.3 Å². The lowest BCUT2D eigenvalue weighted by Crippen LogP contribution is -2.52. The molecule has 6 heteroatoms. The van der Waals surface area contributed by atoms with E-state index in [0.717, 1.165) is 57.5 Å². The zero-order chi connectivity index (χ0) is 20.1. The molecule has 0 aliphatic carbocycles. The van der Waals surface area contributed by atoms with Crippen molar-refractivity contribution in [2.45, 2.75) is 6.54 Å². The number of guanidine groups is 1. The normalized spacial score (nSPS) is 17.2. The zero-order valence-electron chi connectivity index (χ0n) is 16.9. The third-order valence-electron chi connectivity index (χ3n) is 5.55. The van der Waals surface area contributed by atoms with Gasteiger partial charge in [0.2, 0.25) is 0 Å². The fraction of sp³-hybridized carbons (Fsp3) is 0.348. The van der Waals surface area contributed by atoms with Crippen LogP contribution in [-0.4, -0.2) is 57.2 Å². The van der Waals surface area contributed by atoms with E-state index in [9.17, 15) is 4.39 Å². The van der Waals surface area contributed by atoms with Crippen molar-refractivity contribution in [3.05, 3.63) is 72.1 Å². The number of aliphatic imine (C=N–C) groups is 1. The molecule has 1 saturated heterocycles. The molecule has 2 aromatic rings. The highest BCUT2D eigenvalue weighted by atomic mass is 19.1. The van der Waals surface area contributed by atoms with Gasteiger partial charge in [-0.15, -0.1) is 0 Å². The van der Waals surface area contributed by atoms with Gasteiger partial charge in [0, 0.05) is 64.2 Å². The lowest BCUT2D eigenvalue weighted by molar-refractivity contribution is 0.372. The molecular formula is C23H28FN5. The second-order valence-electron chi connectivity index (χ2n) is 7.39. The molecule has 2 aromatic carbocycles. The molecule has 0 unspecified atom stereocenters. The van der Waals surface area contributed by atoms with E-state index in [1.807, 2.05) is 19.2 Å². The van der Waals surface area contributed by atoms with Crippen molar-refractivity contribution in [3.8, 4) is 0 Å². The number of nitrogens with zero attached hydrogens (tertiary/aromatic N) is 4. The van der Waals surface area contributed by atoms with Crippen LogP contribution in [-0.2, 0) is 6.54 Å². The number of nitrogens with one attached hydrogen (secondary N) is 1. The Hall–Kier alpha value is -3.02. The van der Waals surface area contributed by atoms with Crippen LogP contribution in [0.5, 0.6) is 0 Å². The Morgan fingerprint density at radius 3 is 2.07 bits per heavy atom. The third kappa shape index (κ3) is 4.70. The number of anilines is 2. The van der Waals surface area contributed by atoms with Crippen molar-refractivity contribution in [2.24, 2.45) is 4.99 Å². The summed E-state index contributed by atoms with van der Waals surface area (Å²) in [5.41, 5.74) is 3.58. The van der Waals surface area contributed by atoms with E-state index in [1.54, 1.807) is 0 Å². The maximum absolute atomic E-state index is 13.1. The number of halogens is 1. The van der Waals surface area contributed by atoms with E-state index >= 15 is 0 Å². The quantitative estimate of drug-likeness (QED) is 0.492. The molecule has 2 aliphatic heterocycles. The number of benzene rings is 2. The highest BCUT2D eigenvalue weighted by Crippen LogP contribution is 2.18. The van der Waals surface area contributed by atoms with Crippen LogP contribution in [0.1, 0.15) is 5.56 Å². The maximum atomic E-state index is 13.1. The highest BCUT2D eigenvalue weighted by molar-refractivity contribution is 5.80. The summed E-state index contributed by atoms with van der Waals surface area (Å²) in [5.74, 6) is 0.735. The van der Waals surface area contributed by atoms with Crippen molar-refractivity contribution in [1.29, 1.82) is 0 Å². The van der Waals surface area contributed by atoms with Crippen molar-refractivity contribution >= 4 is 17.3 Å². The average molecular weight is 394 g/mol. The van der Waals surface area contributed by atoms with E-state index in [4.69, 9.17) is 0 Å². The first-order valence-electron chi connectivity index (χ1n) is 10.2. The van der Waals surface area contributed by atoms with E-state index in [0.29, 0.717) is 0 Å². The second kappa shape index (κ2) is 8.99. The average Bonchev–Trinajstić information content (AvgIpc) is 3.31. The van der Waals surface area contributed by atoms with E-state index in [-0.39, 0.29) is 5.82 Å². The van der Waals surface area contributed by atoms with Gasteiger partial charge in [-0.25, -0.2) is 4.39 Å². The highest BCUT2D eigenvalue weighted by Gasteiger charge is 2.19. The number of hydrogen-bond donors (Lipinski definition) is 1. The fourth-order valence-corrected chi connectivity index (χ4v) is 3.86. The topological polar surface area (TPSA) is 34.1 Å². The van der Waals surface area contributed by atoms with Gasteiger partial charge >= 0.3 is 0 Å². The molecule has 1 fully saturated rings. The first kappa shape index (κ1) is 19.3. The van der Waals surface area contributed by atoms with Crippen LogP contribution < -0.4 is 15.1 Å². The van der Waals surface area contributed by atoms with Gasteiger partial charge in [-0.05, 0) is 42.0 Å². The lowest BCUT2D eigenvalue weighted by Gasteiger charge is -2.37. The Morgan fingerprint density at radius 1 is 0.862 bits per heavy atom. The minimum Gasteiger partial charge on any atom is -0.368 e. The Bertz CT molecular complexity index is 844. The van der Waals surface area contributed by atoms with Crippen molar-refractivity contribution in [2.75, 3.05) is 56.1 Å². The van der Waals surface area contributed by atoms with Gasteiger partial charge in [-0.2, -0.15) is 0 Å². The van der Waals surface area contributed by atoms with E-state index < -0.39 is 0 Å². The molecule has 0 spiro atoms. The molecule has 152 valence electrons. The Morgan fingerprint density at radius 2 is 1.45 bits per heavy atom. The Labute approximate surface area is 172 Å². The van der Waals surface area contributed by atoms with Crippen LogP contribution in [0.4, 0.5) is 15.8 Å². The van der Waals surface area contributed by atoms with Crippen LogP contribution in [0, 0.1) is 5.82 Å². The molecule has 0 saturated carbocycles. The molecule has 0 amide bonds. The predicted octanol–water partition coefficient (Wildman–Crippen LogP) is 3.10. The summed E-state index contributed by atoms with van der Waals surface area (Å²) in [6.45, 7) is 6.30. The minimum absolute atomic E-state index is 0.192. The van der Waals surface area contributed by atoms with Gasteiger partial charge in [0.15, 0.2) is 5.96 Å². The number of piperazine rings is 1. The van der Waals surface area contributed by atoms with Crippen molar-refractivity contribution in [1.82, 2.24) is 10.2 Å². The predicted molar refractivity (Wildman–Crippen MR) is 118 cm³/mol. The summed E-state index contributed by atoms with van der Waals surface area (Å²) in [7, 11) is 1.83. The van der Waals surface area contributed by atoms with Crippen LogP contribution in [0.3, 0.4) is 0 Å². The van der Waals surface area contributed by atoms with Crippen LogP contribution >= 0.6 is 0 Å². The molecule has 5 nitrogen and oxygen atoms in total. The molecule has 2 heterocycles. The molecule has 0 bridgehead atoms. The molecule has 0 atom stereocenters. The monoisotopic (exact) mass is 393 g/mol. The number of rotatable bonds is 4. The van der Waals surface area contributed by atoms with Crippen molar-refractivity contribution < 1.29 is 4.39 Å². The maximum Gasteiger partial charge on any atom is 0.194 e. The first-order chi connectivity index (χ1) is 14.2. The van der Waals surface area contributed by atoms with Gasteiger partial charge in [-0.3, -0.25) is 4.99 Å². The van der Waals surface area contributed by atoms with Gasteiger partial charge in [0.1, 0.15) is 5.82 Å². The summed E-state index contributed by atoms with van der Waals surface area (Å²) in [4.78, 5) is 11.4. The lowest BCUT2D eigenvalue weighted by atomic mass is 10.2. The standard InChI is InChI=1S/C23H28FN5/c1-25-23(26-18-19-4-8-21(9-5-19)27-12-2-3-13-27)29-16-14-28(15-17-29)22-10-6-20(24)7-11-22/h2-11H,12-18H2,1H3,(H,25,26). The molecule has 29 heavy (non-hydrogen) atoms. The van der Waals surface area contributed by atoms with Crippen LogP contribution in [0.15, 0.2) is 65.7 Å². The zero-order valence-corrected chi connectivity index (χ0v) is 16.9. The Kier molecular flexibility index (Phi) is 5.98. The van der Waals surface area contributed by atoms with Crippen molar-refractivity contribution in [3.63, 3.8) is 0 Å². The first-order valence-corrected chi connectivity index (χ1v) is 10.2. The summed E-state index contributed by atoms with van der Waals surface area (Å²) in [6, 6.07) is 15.5. The second-order valence-corrected chi connectivity index (χ2v) is 7.39. The van der Waals surface area contributed by atoms with Gasteiger partial charge in [0.05, 0.1) is 0 Å². The molecule has 0 aromatic heterocycles. The molecular weight excluding hydrogens is 365 g/mol. The number of hydrogen-bond acceptors (Lipinski definition) is 3. The van der Waals surface area contributed by atoms with E-state index in [1.165, 1.54) is 23.4 Å². The minimum atomic E-state index is -0.192. The summed E-state index contributed by atoms with van der Waals surface area (Å²) >= 11 is 0. The van der Waals surface area contributed by atoms with Crippen LogP contribution in [0.2, 0.25) is 0 Å². The molecule has 0 radical (unpaired) electrons. The molecule has 1 N–H and O–H groups in total. The summed E-state index contributed by atoms with van der Waals surface area (Å²) in [6.07, 6.45) is 4.41. The van der Waals surface area contributed by atoms with Crippen LogP contribution in [0.25, 0.3) is 0 Å². The summed E-state index contributed by atoms with van der Waals surface area (Å²) < 4.78 is 13.1. The third-order valence-corrected chi connectivity index (χ3v) is 5.55. The summed E-state index contributed by atoms with van der Waals surface area (Å²) in [5, 5.41) is 3.49.